The number of hydrogen-bond donors (Lipinski definition) is 1. The van der Waals surface area contributed by atoms with E-state index in [1.807, 2.05) is 43.3 Å². The van der Waals surface area contributed by atoms with E-state index in [0.29, 0.717) is 13.2 Å². The molecule has 2 aromatic carbocycles. The van der Waals surface area contributed by atoms with E-state index in [4.69, 9.17) is 9.47 Å². The maximum Gasteiger partial charge on any atom is 0.252 e. The average molecular weight is 366 g/mol. The van der Waals surface area contributed by atoms with Crippen LogP contribution in [-0.4, -0.2) is 37.1 Å². The Morgan fingerprint density at radius 3 is 2.63 bits per heavy atom. The Morgan fingerprint density at radius 2 is 1.81 bits per heavy atom. The highest BCUT2D eigenvalue weighted by Crippen LogP contribution is 2.32. The lowest BCUT2D eigenvalue weighted by atomic mass is 10.0. The number of nitrogens with zero attached hydrogens (tertiary/aromatic N) is 1. The molecule has 1 amide bonds. The molecule has 0 aliphatic carbocycles. The molecule has 2 aliphatic rings. The smallest absolute Gasteiger partial charge is 0.252 e. The van der Waals surface area contributed by atoms with E-state index in [1.165, 1.54) is 12.8 Å². The fraction of sp³-hybridized carbons (Fsp3) is 0.409. The molecular weight excluding hydrogens is 340 g/mol. The molecule has 1 N–H and O–H groups in total. The van der Waals surface area contributed by atoms with E-state index in [2.05, 4.69) is 16.3 Å². The molecule has 1 unspecified atom stereocenters. The molecule has 4 rings (SSSR count). The second kappa shape index (κ2) is 8.01. The zero-order valence-corrected chi connectivity index (χ0v) is 15.7. The standard InChI is InChI=1S/C22H26N2O3/c1-16(17-8-9-20-21(14-17)27-13-12-26-20)23-22(25)19-7-3-2-6-18(19)15-24-10-4-5-11-24/h2-3,6-9,14,16H,4-5,10-13,15H2,1H3,(H,23,25). The van der Waals surface area contributed by atoms with Crippen LogP contribution in [0.4, 0.5) is 0 Å². The van der Waals surface area contributed by atoms with Gasteiger partial charge in [-0.05, 0) is 62.2 Å². The molecule has 1 fully saturated rings. The molecule has 0 aromatic heterocycles. The summed E-state index contributed by atoms with van der Waals surface area (Å²) in [6, 6.07) is 13.6. The molecule has 2 aliphatic heterocycles. The molecule has 5 nitrogen and oxygen atoms in total. The number of ether oxygens (including phenoxy) is 2. The van der Waals surface area contributed by atoms with Gasteiger partial charge in [0.15, 0.2) is 11.5 Å². The van der Waals surface area contributed by atoms with Crippen molar-refractivity contribution in [3.05, 3.63) is 59.2 Å². The maximum absolute atomic E-state index is 12.9. The molecule has 0 saturated carbocycles. The summed E-state index contributed by atoms with van der Waals surface area (Å²) in [5.74, 6) is 1.47. The quantitative estimate of drug-likeness (QED) is 0.879. The van der Waals surface area contributed by atoms with Gasteiger partial charge in [0.25, 0.3) is 5.91 Å². The Morgan fingerprint density at radius 1 is 1.07 bits per heavy atom. The summed E-state index contributed by atoms with van der Waals surface area (Å²) in [5, 5.41) is 3.13. The van der Waals surface area contributed by atoms with E-state index >= 15 is 0 Å². The van der Waals surface area contributed by atoms with Gasteiger partial charge in [0, 0.05) is 12.1 Å². The first-order chi connectivity index (χ1) is 13.2. The van der Waals surface area contributed by atoms with Gasteiger partial charge in [-0.2, -0.15) is 0 Å². The largest absolute Gasteiger partial charge is 0.486 e. The van der Waals surface area contributed by atoms with Gasteiger partial charge in [0.2, 0.25) is 0 Å². The average Bonchev–Trinajstić information content (AvgIpc) is 3.21. The van der Waals surface area contributed by atoms with Crippen molar-refractivity contribution in [3.8, 4) is 11.5 Å². The van der Waals surface area contributed by atoms with Crippen LogP contribution in [0.3, 0.4) is 0 Å². The fourth-order valence-corrected chi connectivity index (χ4v) is 3.75. The molecule has 27 heavy (non-hydrogen) atoms. The van der Waals surface area contributed by atoms with Gasteiger partial charge >= 0.3 is 0 Å². The first-order valence-electron chi connectivity index (χ1n) is 9.71. The number of benzene rings is 2. The Balaban J connectivity index is 1.47. The highest BCUT2D eigenvalue weighted by atomic mass is 16.6. The van der Waals surface area contributed by atoms with Crippen molar-refractivity contribution in [2.45, 2.75) is 32.4 Å². The molecule has 5 heteroatoms. The van der Waals surface area contributed by atoms with Crippen LogP contribution in [0.15, 0.2) is 42.5 Å². The number of likely N-dealkylation sites (tertiary alicyclic amines) is 1. The lowest BCUT2D eigenvalue weighted by molar-refractivity contribution is 0.0938. The van der Waals surface area contributed by atoms with Gasteiger partial charge in [-0.25, -0.2) is 0 Å². The van der Waals surface area contributed by atoms with E-state index in [1.54, 1.807) is 0 Å². The van der Waals surface area contributed by atoms with Crippen LogP contribution in [-0.2, 0) is 6.54 Å². The SMILES string of the molecule is CC(NC(=O)c1ccccc1CN1CCCC1)c1ccc2c(c1)OCCO2. The van der Waals surface area contributed by atoms with Crippen molar-refractivity contribution in [1.82, 2.24) is 10.2 Å². The van der Waals surface area contributed by atoms with Crippen LogP contribution in [0.25, 0.3) is 0 Å². The second-order valence-electron chi connectivity index (χ2n) is 7.24. The number of hydrogen-bond acceptors (Lipinski definition) is 4. The normalized spacial score (nSPS) is 17.5. The Labute approximate surface area is 160 Å². The molecule has 2 heterocycles. The minimum atomic E-state index is -0.117. The molecule has 0 spiro atoms. The van der Waals surface area contributed by atoms with Gasteiger partial charge in [-0.15, -0.1) is 0 Å². The first-order valence-corrected chi connectivity index (χ1v) is 9.71. The van der Waals surface area contributed by atoms with Crippen molar-refractivity contribution >= 4 is 5.91 Å². The van der Waals surface area contributed by atoms with E-state index < -0.39 is 0 Å². The third kappa shape index (κ3) is 4.08. The lowest BCUT2D eigenvalue weighted by Gasteiger charge is -2.22. The Bertz CT molecular complexity index is 815. The van der Waals surface area contributed by atoms with Gasteiger partial charge in [0.05, 0.1) is 6.04 Å². The van der Waals surface area contributed by atoms with Crippen molar-refractivity contribution < 1.29 is 14.3 Å². The zero-order valence-electron chi connectivity index (χ0n) is 15.7. The second-order valence-corrected chi connectivity index (χ2v) is 7.24. The van der Waals surface area contributed by atoms with Gasteiger partial charge < -0.3 is 14.8 Å². The third-order valence-electron chi connectivity index (χ3n) is 5.27. The van der Waals surface area contributed by atoms with Crippen LogP contribution in [0.5, 0.6) is 11.5 Å². The molecule has 2 aromatic rings. The van der Waals surface area contributed by atoms with Gasteiger partial charge in [-0.1, -0.05) is 24.3 Å². The van der Waals surface area contributed by atoms with Crippen LogP contribution in [0, 0.1) is 0 Å². The van der Waals surface area contributed by atoms with Crippen LogP contribution < -0.4 is 14.8 Å². The number of nitrogens with one attached hydrogen (secondary N) is 1. The summed E-state index contributed by atoms with van der Waals surface area (Å²) in [4.78, 5) is 15.3. The van der Waals surface area contributed by atoms with Crippen LogP contribution in [0.1, 0.15) is 47.3 Å². The lowest BCUT2D eigenvalue weighted by Crippen LogP contribution is -2.29. The summed E-state index contributed by atoms with van der Waals surface area (Å²) >= 11 is 0. The minimum absolute atomic E-state index is 0.0350. The minimum Gasteiger partial charge on any atom is -0.486 e. The monoisotopic (exact) mass is 366 g/mol. The molecule has 1 atom stereocenters. The van der Waals surface area contributed by atoms with Crippen LogP contribution >= 0.6 is 0 Å². The molecular formula is C22H26N2O3. The van der Waals surface area contributed by atoms with Gasteiger partial charge in [-0.3, -0.25) is 9.69 Å². The molecule has 142 valence electrons. The number of amides is 1. The summed E-state index contributed by atoms with van der Waals surface area (Å²) in [6.07, 6.45) is 2.49. The van der Waals surface area contributed by atoms with Crippen molar-refractivity contribution in [3.63, 3.8) is 0 Å². The maximum atomic E-state index is 12.9. The van der Waals surface area contributed by atoms with Crippen LogP contribution in [0.2, 0.25) is 0 Å². The number of rotatable bonds is 5. The summed E-state index contributed by atoms with van der Waals surface area (Å²) in [5.41, 5.74) is 2.85. The third-order valence-corrected chi connectivity index (χ3v) is 5.27. The predicted molar refractivity (Wildman–Crippen MR) is 104 cm³/mol. The van der Waals surface area contributed by atoms with Crippen molar-refractivity contribution in [2.24, 2.45) is 0 Å². The molecule has 0 bridgehead atoms. The Hall–Kier alpha value is -2.53. The highest BCUT2D eigenvalue weighted by Gasteiger charge is 2.19. The summed E-state index contributed by atoms with van der Waals surface area (Å²) in [6.45, 7) is 6.19. The molecule has 1 saturated heterocycles. The Kier molecular flexibility index (Phi) is 5.30. The molecule has 0 radical (unpaired) electrons. The first kappa shape index (κ1) is 17.9. The van der Waals surface area contributed by atoms with E-state index in [0.717, 1.165) is 47.8 Å². The topological polar surface area (TPSA) is 50.8 Å². The van der Waals surface area contributed by atoms with Gasteiger partial charge in [0.1, 0.15) is 13.2 Å². The van der Waals surface area contributed by atoms with E-state index in [-0.39, 0.29) is 11.9 Å². The van der Waals surface area contributed by atoms with Crippen molar-refractivity contribution in [1.29, 1.82) is 0 Å². The zero-order chi connectivity index (χ0) is 18.6. The fourth-order valence-electron chi connectivity index (χ4n) is 3.75. The van der Waals surface area contributed by atoms with Crippen molar-refractivity contribution in [2.75, 3.05) is 26.3 Å². The number of fused-ring (bicyclic) bond motifs is 1. The summed E-state index contributed by atoms with van der Waals surface area (Å²) < 4.78 is 11.2. The predicted octanol–water partition coefficient (Wildman–Crippen LogP) is 3.54. The van der Waals surface area contributed by atoms with E-state index in [9.17, 15) is 4.79 Å². The highest BCUT2D eigenvalue weighted by molar-refractivity contribution is 5.95. The number of carbonyl (C=O) groups excluding carboxylic acids is 1. The number of carbonyl (C=O) groups is 1. The summed E-state index contributed by atoms with van der Waals surface area (Å²) in [7, 11) is 0.